The molecule has 0 spiro atoms. The van der Waals surface area contributed by atoms with Crippen molar-refractivity contribution in [1.82, 2.24) is 0 Å². The Hall–Kier alpha value is -0.450. The Bertz CT molecular complexity index is 362. The zero-order chi connectivity index (χ0) is 8.84. The van der Waals surface area contributed by atoms with Crippen LogP contribution in [0, 0.1) is 0 Å². The molecular weight excluding hydrogens is 275 g/mol. The average Bonchev–Trinajstić information content (AvgIpc) is 2.70. The van der Waals surface area contributed by atoms with Crippen molar-refractivity contribution in [3.63, 3.8) is 0 Å². The summed E-state index contributed by atoms with van der Waals surface area (Å²) in [6.07, 6.45) is 2.39. The van der Waals surface area contributed by atoms with Crippen molar-refractivity contribution in [1.29, 1.82) is 0 Å². The second-order valence-electron chi connectivity index (χ2n) is 3.65. The first-order valence-electron chi connectivity index (χ1n) is 4.67. The molecule has 0 bridgehead atoms. The summed E-state index contributed by atoms with van der Waals surface area (Å²) in [6, 6.07) is 4.68. The number of halogens is 1. The highest BCUT2D eigenvalue weighted by molar-refractivity contribution is 14.1. The van der Waals surface area contributed by atoms with E-state index in [0.29, 0.717) is 0 Å². The van der Waals surface area contributed by atoms with Crippen LogP contribution in [-0.4, -0.2) is 13.1 Å². The van der Waals surface area contributed by atoms with E-state index < -0.39 is 0 Å². The third kappa shape index (κ3) is 1.13. The van der Waals surface area contributed by atoms with Crippen molar-refractivity contribution in [2.45, 2.75) is 12.8 Å². The molecule has 1 N–H and O–H groups in total. The third-order valence-corrected chi connectivity index (χ3v) is 3.86. The summed E-state index contributed by atoms with van der Waals surface area (Å²) in [5.41, 5.74) is 5.79. The molecule has 0 saturated heterocycles. The Balaban J connectivity index is 2.16. The number of nitrogens with one attached hydrogen (secondary N) is 1. The molecule has 0 aliphatic carbocycles. The highest BCUT2D eigenvalue weighted by Crippen LogP contribution is 2.36. The molecular formula is C10H11IN2. The quantitative estimate of drug-likeness (QED) is 0.582. The molecule has 2 aliphatic rings. The summed E-state index contributed by atoms with van der Waals surface area (Å²) in [5, 5.41) is 3.42. The van der Waals surface area contributed by atoms with Gasteiger partial charge in [0.05, 0.1) is 22.9 Å². The Kier molecular flexibility index (Phi) is 1.68. The first kappa shape index (κ1) is 7.91. The van der Waals surface area contributed by atoms with Gasteiger partial charge in [-0.25, -0.2) is 0 Å². The van der Waals surface area contributed by atoms with Gasteiger partial charge < -0.3 is 8.43 Å². The van der Waals surface area contributed by atoms with Gasteiger partial charge >= 0.3 is 0 Å². The summed E-state index contributed by atoms with van der Waals surface area (Å²) >= 11 is 2.40. The number of benzene rings is 1. The maximum absolute atomic E-state index is 3.42. The second kappa shape index (κ2) is 2.77. The summed E-state index contributed by atoms with van der Waals surface area (Å²) in [6.45, 7) is 2.28. The fraction of sp³-hybridized carbons (Fsp3) is 0.400. The third-order valence-electron chi connectivity index (χ3n) is 2.85. The van der Waals surface area contributed by atoms with Crippen molar-refractivity contribution < 1.29 is 0 Å². The first-order chi connectivity index (χ1) is 6.34. The molecule has 0 saturated carbocycles. The van der Waals surface area contributed by atoms with Gasteiger partial charge in [0.25, 0.3) is 0 Å². The highest BCUT2D eigenvalue weighted by atomic mass is 127. The van der Waals surface area contributed by atoms with Crippen LogP contribution in [-0.2, 0) is 12.8 Å². The maximum Gasteiger partial charge on any atom is 0.0591 e. The van der Waals surface area contributed by atoms with Gasteiger partial charge in [-0.1, -0.05) is 0 Å². The molecule has 0 fully saturated rings. The maximum atomic E-state index is 3.42. The van der Waals surface area contributed by atoms with Gasteiger partial charge in [-0.2, -0.15) is 0 Å². The topological polar surface area (TPSA) is 15.3 Å². The minimum atomic E-state index is 1.11. The lowest BCUT2D eigenvalue weighted by molar-refractivity contribution is 1.07. The SMILES string of the molecule is IN1CCc2cc3c(cc21)CCN3. The van der Waals surface area contributed by atoms with Gasteiger partial charge in [-0.3, -0.25) is 0 Å². The van der Waals surface area contributed by atoms with E-state index in [9.17, 15) is 0 Å². The summed E-state index contributed by atoms with van der Waals surface area (Å²) in [4.78, 5) is 0. The first-order valence-corrected chi connectivity index (χ1v) is 5.64. The molecule has 3 heteroatoms. The molecule has 68 valence electrons. The predicted octanol–water partition coefficient (Wildman–Crippen LogP) is 2.37. The van der Waals surface area contributed by atoms with Crippen LogP contribution in [0.4, 0.5) is 11.4 Å². The summed E-state index contributed by atoms with van der Waals surface area (Å²) in [5.74, 6) is 0. The molecule has 2 nitrogen and oxygen atoms in total. The highest BCUT2D eigenvalue weighted by Gasteiger charge is 2.21. The van der Waals surface area contributed by atoms with Crippen LogP contribution in [0.3, 0.4) is 0 Å². The molecule has 1 aromatic rings. The standard InChI is InChI=1S/C10H11IN2/c11-13-4-2-8-5-9-7(1-3-12-9)6-10(8)13/h5-6,12H,1-4H2. The van der Waals surface area contributed by atoms with E-state index in [-0.39, 0.29) is 0 Å². The molecule has 3 rings (SSSR count). The summed E-state index contributed by atoms with van der Waals surface area (Å²) in [7, 11) is 0. The van der Waals surface area contributed by atoms with Gasteiger partial charge in [0, 0.05) is 24.5 Å². The number of anilines is 2. The lowest BCUT2D eigenvalue weighted by Gasteiger charge is -2.10. The number of hydrogen-bond donors (Lipinski definition) is 1. The van der Waals surface area contributed by atoms with Crippen molar-refractivity contribution in [2.75, 3.05) is 21.5 Å². The lowest BCUT2D eigenvalue weighted by atomic mass is 10.1. The number of fused-ring (bicyclic) bond motifs is 2. The average molecular weight is 286 g/mol. The normalized spacial score (nSPS) is 18.4. The Labute approximate surface area is 91.8 Å². The van der Waals surface area contributed by atoms with Gasteiger partial charge in [0.1, 0.15) is 0 Å². The largest absolute Gasteiger partial charge is 0.384 e. The molecule has 0 unspecified atom stereocenters. The van der Waals surface area contributed by atoms with Gasteiger partial charge in [-0.15, -0.1) is 0 Å². The van der Waals surface area contributed by atoms with Gasteiger partial charge in [0.15, 0.2) is 0 Å². The van der Waals surface area contributed by atoms with Crippen molar-refractivity contribution in [3.05, 3.63) is 23.3 Å². The minimum Gasteiger partial charge on any atom is -0.384 e. The number of hydrogen-bond acceptors (Lipinski definition) is 2. The zero-order valence-electron chi connectivity index (χ0n) is 7.31. The smallest absolute Gasteiger partial charge is 0.0591 e. The number of nitrogens with zero attached hydrogens (tertiary/aromatic N) is 1. The van der Waals surface area contributed by atoms with Crippen LogP contribution in [0.25, 0.3) is 0 Å². The van der Waals surface area contributed by atoms with Crippen LogP contribution in [0.2, 0.25) is 0 Å². The van der Waals surface area contributed by atoms with Gasteiger partial charge in [-0.05, 0) is 36.1 Å². The second-order valence-corrected chi connectivity index (χ2v) is 4.82. The Morgan fingerprint density at radius 3 is 3.08 bits per heavy atom. The molecule has 2 heterocycles. The van der Waals surface area contributed by atoms with Crippen molar-refractivity contribution in [2.24, 2.45) is 0 Å². The molecule has 0 amide bonds. The predicted molar refractivity (Wildman–Crippen MR) is 63.7 cm³/mol. The molecule has 0 aromatic heterocycles. The zero-order valence-corrected chi connectivity index (χ0v) is 9.47. The lowest BCUT2D eigenvalue weighted by Crippen LogP contribution is -2.03. The van der Waals surface area contributed by atoms with E-state index in [0.717, 1.165) is 6.54 Å². The van der Waals surface area contributed by atoms with E-state index in [1.807, 2.05) is 0 Å². The molecule has 13 heavy (non-hydrogen) atoms. The molecule has 2 aliphatic heterocycles. The Morgan fingerprint density at radius 2 is 2.15 bits per heavy atom. The number of rotatable bonds is 0. The fourth-order valence-electron chi connectivity index (χ4n) is 2.14. The van der Waals surface area contributed by atoms with E-state index in [4.69, 9.17) is 0 Å². The molecule has 0 atom stereocenters. The monoisotopic (exact) mass is 286 g/mol. The summed E-state index contributed by atoms with van der Waals surface area (Å²) < 4.78 is 2.33. The van der Waals surface area contributed by atoms with E-state index in [1.165, 1.54) is 41.9 Å². The van der Waals surface area contributed by atoms with E-state index in [2.05, 4.69) is 43.4 Å². The van der Waals surface area contributed by atoms with Crippen LogP contribution < -0.4 is 8.43 Å². The van der Waals surface area contributed by atoms with Crippen molar-refractivity contribution in [3.8, 4) is 0 Å². The van der Waals surface area contributed by atoms with Crippen molar-refractivity contribution >= 4 is 34.2 Å². The van der Waals surface area contributed by atoms with Crippen LogP contribution in [0.5, 0.6) is 0 Å². The fourth-order valence-corrected chi connectivity index (χ4v) is 2.84. The van der Waals surface area contributed by atoms with Gasteiger partial charge in [0.2, 0.25) is 0 Å². The van der Waals surface area contributed by atoms with E-state index >= 15 is 0 Å². The van der Waals surface area contributed by atoms with E-state index in [1.54, 1.807) is 0 Å². The van der Waals surface area contributed by atoms with Crippen LogP contribution in [0.1, 0.15) is 11.1 Å². The Morgan fingerprint density at radius 1 is 1.23 bits per heavy atom. The minimum absolute atomic E-state index is 1.11. The molecule has 1 aromatic carbocycles. The molecule has 0 radical (unpaired) electrons. The van der Waals surface area contributed by atoms with Crippen LogP contribution in [0.15, 0.2) is 12.1 Å². The van der Waals surface area contributed by atoms with Crippen LogP contribution >= 0.6 is 22.9 Å².